The Morgan fingerprint density at radius 3 is 2.61 bits per heavy atom. The largest absolute Gasteiger partial charge is 0.338 e. The number of hydrogen-bond acceptors (Lipinski definition) is 5. The number of anilines is 1. The van der Waals surface area contributed by atoms with Gasteiger partial charge in [0.05, 0.1) is 22.3 Å². The number of halogens is 2. The van der Waals surface area contributed by atoms with Crippen molar-refractivity contribution in [3.8, 4) is 11.3 Å². The van der Waals surface area contributed by atoms with Crippen LogP contribution in [0.4, 0.5) is 9.93 Å². The molecular formula is C18H21Cl2N5O2S. The SMILES string of the molecule is CCNC(=O)N1CCN(CC(=O)Nc2nc(-c3ccc(Cl)c(Cl)c3)cs2)CC1. The summed E-state index contributed by atoms with van der Waals surface area (Å²) in [5.74, 6) is -0.124. The van der Waals surface area contributed by atoms with E-state index in [0.717, 1.165) is 11.3 Å². The van der Waals surface area contributed by atoms with Gasteiger partial charge in [-0.15, -0.1) is 11.3 Å². The second-order valence-corrected chi connectivity index (χ2v) is 7.99. The molecular weight excluding hydrogens is 421 g/mol. The van der Waals surface area contributed by atoms with E-state index in [-0.39, 0.29) is 18.5 Å². The van der Waals surface area contributed by atoms with Gasteiger partial charge in [0.2, 0.25) is 5.91 Å². The van der Waals surface area contributed by atoms with Crippen molar-refractivity contribution in [3.05, 3.63) is 33.6 Å². The average Bonchev–Trinajstić information content (AvgIpc) is 3.13. The van der Waals surface area contributed by atoms with Crippen molar-refractivity contribution in [1.29, 1.82) is 0 Å². The molecule has 3 amide bonds. The molecule has 0 atom stereocenters. The van der Waals surface area contributed by atoms with Crippen LogP contribution in [-0.4, -0.2) is 66.0 Å². The number of piperazine rings is 1. The standard InChI is InChI=1S/C18H21Cl2N5O2S/c1-2-21-18(27)25-7-5-24(6-8-25)10-16(26)23-17-22-15(11-28-17)12-3-4-13(19)14(20)9-12/h3-4,9,11H,2,5-8,10H2,1H3,(H,21,27)(H,22,23,26). The maximum Gasteiger partial charge on any atom is 0.317 e. The fourth-order valence-corrected chi connectivity index (χ4v) is 3.89. The molecule has 1 saturated heterocycles. The third-order valence-corrected chi connectivity index (χ3v) is 5.82. The predicted molar refractivity (Wildman–Crippen MR) is 113 cm³/mol. The average molecular weight is 442 g/mol. The molecule has 2 N–H and O–H groups in total. The third-order valence-electron chi connectivity index (χ3n) is 4.32. The van der Waals surface area contributed by atoms with Crippen molar-refractivity contribution in [2.75, 3.05) is 44.6 Å². The molecule has 0 aliphatic carbocycles. The zero-order valence-corrected chi connectivity index (χ0v) is 17.7. The van der Waals surface area contributed by atoms with E-state index in [1.807, 2.05) is 23.3 Å². The highest BCUT2D eigenvalue weighted by molar-refractivity contribution is 7.14. The van der Waals surface area contributed by atoms with E-state index in [2.05, 4.69) is 15.6 Å². The van der Waals surface area contributed by atoms with Gasteiger partial charge in [-0.1, -0.05) is 29.3 Å². The van der Waals surface area contributed by atoms with Gasteiger partial charge in [0, 0.05) is 43.7 Å². The Morgan fingerprint density at radius 1 is 1.18 bits per heavy atom. The van der Waals surface area contributed by atoms with Gasteiger partial charge in [0.1, 0.15) is 0 Å². The molecule has 0 saturated carbocycles. The highest BCUT2D eigenvalue weighted by Gasteiger charge is 2.22. The second-order valence-electron chi connectivity index (χ2n) is 6.31. The lowest BCUT2D eigenvalue weighted by molar-refractivity contribution is -0.117. The van der Waals surface area contributed by atoms with Gasteiger partial charge in [-0.3, -0.25) is 9.69 Å². The summed E-state index contributed by atoms with van der Waals surface area (Å²) in [5, 5.41) is 8.97. The fourth-order valence-electron chi connectivity index (χ4n) is 2.85. The van der Waals surface area contributed by atoms with E-state index in [1.165, 1.54) is 11.3 Å². The number of hydrogen-bond donors (Lipinski definition) is 2. The topological polar surface area (TPSA) is 77.6 Å². The molecule has 1 aromatic heterocycles. The van der Waals surface area contributed by atoms with Crippen LogP contribution in [0.3, 0.4) is 0 Å². The van der Waals surface area contributed by atoms with Crippen molar-refractivity contribution in [1.82, 2.24) is 20.1 Å². The molecule has 0 unspecified atom stereocenters. The van der Waals surface area contributed by atoms with Gasteiger partial charge in [-0.2, -0.15) is 0 Å². The number of nitrogens with one attached hydrogen (secondary N) is 2. The van der Waals surface area contributed by atoms with Gasteiger partial charge in [0.25, 0.3) is 0 Å². The van der Waals surface area contributed by atoms with Crippen molar-refractivity contribution in [2.45, 2.75) is 6.92 Å². The highest BCUT2D eigenvalue weighted by atomic mass is 35.5. The zero-order valence-electron chi connectivity index (χ0n) is 15.4. The van der Waals surface area contributed by atoms with Crippen molar-refractivity contribution in [2.24, 2.45) is 0 Å². The minimum Gasteiger partial charge on any atom is -0.338 e. The summed E-state index contributed by atoms with van der Waals surface area (Å²) in [6, 6.07) is 5.25. The van der Waals surface area contributed by atoms with Crippen LogP contribution < -0.4 is 10.6 Å². The number of benzene rings is 1. The molecule has 2 heterocycles. The van der Waals surface area contributed by atoms with Crippen LogP contribution in [0.2, 0.25) is 10.0 Å². The molecule has 2 aromatic rings. The molecule has 0 spiro atoms. The summed E-state index contributed by atoms with van der Waals surface area (Å²) >= 11 is 13.3. The maximum atomic E-state index is 12.3. The van der Waals surface area contributed by atoms with E-state index in [0.29, 0.717) is 47.9 Å². The molecule has 10 heteroatoms. The Kier molecular flexibility index (Phi) is 7.12. The summed E-state index contributed by atoms with van der Waals surface area (Å²) < 4.78 is 0. The van der Waals surface area contributed by atoms with E-state index >= 15 is 0 Å². The lowest BCUT2D eigenvalue weighted by Crippen LogP contribution is -2.52. The van der Waals surface area contributed by atoms with Crippen LogP contribution in [-0.2, 0) is 4.79 Å². The van der Waals surface area contributed by atoms with E-state index < -0.39 is 0 Å². The molecule has 1 aliphatic heterocycles. The van der Waals surface area contributed by atoms with Crippen LogP contribution in [0.5, 0.6) is 0 Å². The normalized spacial score (nSPS) is 14.8. The van der Waals surface area contributed by atoms with Crippen LogP contribution in [0.25, 0.3) is 11.3 Å². The first-order valence-corrected chi connectivity index (χ1v) is 10.6. The molecule has 1 aliphatic rings. The van der Waals surface area contributed by atoms with Crippen molar-refractivity contribution < 1.29 is 9.59 Å². The van der Waals surface area contributed by atoms with Gasteiger partial charge in [-0.05, 0) is 19.1 Å². The zero-order chi connectivity index (χ0) is 20.1. The van der Waals surface area contributed by atoms with Crippen molar-refractivity contribution in [3.63, 3.8) is 0 Å². The van der Waals surface area contributed by atoms with Crippen LogP contribution >= 0.6 is 34.5 Å². The fraction of sp³-hybridized carbons (Fsp3) is 0.389. The number of urea groups is 1. The molecule has 0 radical (unpaired) electrons. The van der Waals surface area contributed by atoms with Gasteiger partial charge in [0.15, 0.2) is 5.13 Å². The maximum absolute atomic E-state index is 12.3. The Hall–Kier alpha value is -1.87. The molecule has 7 nitrogen and oxygen atoms in total. The molecule has 3 rings (SSSR count). The Morgan fingerprint density at radius 2 is 1.93 bits per heavy atom. The number of aromatic nitrogens is 1. The molecule has 150 valence electrons. The number of nitrogens with zero attached hydrogens (tertiary/aromatic N) is 3. The number of amides is 3. The highest BCUT2D eigenvalue weighted by Crippen LogP contribution is 2.30. The summed E-state index contributed by atoms with van der Waals surface area (Å²) in [4.78, 5) is 32.4. The molecule has 28 heavy (non-hydrogen) atoms. The minimum atomic E-state index is -0.124. The Balaban J connectivity index is 1.50. The molecule has 1 aromatic carbocycles. The summed E-state index contributed by atoms with van der Waals surface area (Å²) in [7, 11) is 0. The Bertz CT molecular complexity index is 852. The lowest BCUT2D eigenvalue weighted by Gasteiger charge is -2.34. The quantitative estimate of drug-likeness (QED) is 0.744. The summed E-state index contributed by atoms with van der Waals surface area (Å²) in [5.41, 5.74) is 1.57. The first-order chi connectivity index (χ1) is 13.5. The van der Waals surface area contributed by atoms with Crippen LogP contribution in [0, 0.1) is 0 Å². The third kappa shape index (κ3) is 5.35. The molecule has 1 fully saturated rings. The first kappa shape index (κ1) is 20.9. The van der Waals surface area contributed by atoms with Crippen LogP contribution in [0.15, 0.2) is 23.6 Å². The van der Waals surface area contributed by atoms with E-state index in [1.54, 1.807) is 17.0 Å². The summed E-state index contributed by atoms with van der Waals surface area (Å²) in [6.07, 6.45) is 0. The summed E-state index contributed by atoms with van der Waals surface area (Å²) in [6.45, 7) is 5.32. The minimum absolute atomic E-state index is 0.0516. The predicted octanol–water partition coefficient (Wildman–Crippen LogP) is 3.40. The van der Waals surface area contributed by atoms with E-state index in [4.69, 9.17) is 23.2 Å². The lowest BCUT2D eigenvalue weighted by atomic mass is 10.2. The van der Waals surface area contributed by atoms with Gasteiger partial charge >= 0.3 is 6.03 Å². The smallest absolute Gasteiger partial charge is 0.317 e. The van der Waals surface area contributed by atoms with E-state index in [9.17, 15) is 9.59 Å². The number of carbonyl (C=O) groups excluding carboxylic acids is 2. The van der Waals surface area contributed by atoms with Gasteiger partial charge in [-0.25, -0.2) is 9.78 Å². The molecule has 0 bridgehead atoms. The van der Waals surface area contributed by atoms with Crippen LogP contribution in [0.1, 0.15) is 6.92 Å². The second kappa shape index (κ2) is 9.56. The van der Waals surface area contributed by atoms with Gasteiger partial charge < -0.3 is 15.5 Å². The Labute approximate surface area is 177 Å². The monoisotopic (exact) mass is 441 g/mol. The number of carbonyl (C=O) groups is 2. The number of rotatable bonds is 5. The number of thiazole rings is 1. The van der Waals surface area contributed by atoms with Crippen molar-refractivity contribution >= 4 is 51.6 Å². The first-order valence-electron chi connectivity index (χ1n) is 8.92.